The molecule has 2 rings (SSSR count). The largest absolute Gasteiger partial charge is 0.416 e. The number of halogens is 6. The van der Waals surface area contributed by atoms with E-state index in [0.29, 0.717) is 22.8 Å². The van der Waals surface area contributed by atoms with Crippen LogP contribution in [0.15, 0.2) is 24.4 Å². The Balaban J connectivity index is 2.21. The van der Waals surface area contributed by atoms with E-state index in [4.69, 9.17) is 0 Å². The van der Waals surface area contributed by atoms with E-state index in [9.17, 15) is 31.1 Å². The summed E-state index contributed by atoms with van der Waals surface area (Å²) in [5.74, 6) is 0.359. The van der Waals surface area contributed by atoms with Gasteiger partial charge in [-0.2, -0.15) is 38.1 Å². The molecule has 0 spiro atoms. The zero-order valence-electron chi connectivity index (χ0n) is 13.9. The highest BCUT2D eigenvalue weighted by Crippen LogP contribution is 2.37. The number of carbonyl (C=O) groups is 1. The Morgan fingerprint density at radius 1 is 1.11 bits per heavy atom. The first-order valence-electron chi connectivity index (χ1n) is 7.51. The molecule has 1 aromatic heterocycles. The zero-order valence-corrected chi connectivity index (χ0v) is 15.5. The fraction of sp³-hybridized carbons (Fsp3) is 0.375. The Hall–Kier alpha value is -1.75. The van der Waals surface area contributed by atoms with Crippen molar-refractivity contribution in [2.45, 2.75) is 25.2 Å². The summed E-state index contributed by atoms with van der Waals surface area (Å²) in [6.45, 7) is 0. The molecule has 1 N–H and O–H groups in total. The predicted molar refractivity (Wildman–Crippen MR) is 93.0 cm³/mol. The Bertz CT molecular complexity index is 769. The lowest BCUT2D eigenvalue weighted by molar-refractivity contribution is -0.143. The van der Waals surface area contributed by atoms with E-state index in [-0.39, 0.29) is 35.5 Å². The second kappa shape index (κ2) is 8.51. The molecule has 0 fully saturated rings. The zero-order chi connectivity index (χ0) is 20.2. The van der Waals surface area contributed by atoms with Gasteiger partial charge in [0.1, 0.15) is 0 Å². The third-order valence-electron chi connectivity index (χ3n) is 3.36. The molecule has 1 heterocycles. The molecule has 1 aromatic carbocycles. The molecule has 0 aliphatic heterocycles. The third kappa shape index (κ3) is 6.42. The van der Waals surface area contributed by atoms with Crippen LogP contribution in [0.3, 0.4) is 0 Å². The van der Waals surface area contributed by atoms with Crippen molar-refractivity contribution >= 4 is 34.1 Å². The summed E-state index contributed by atoms with van der Waals surface area (Å²) in [5.41, 5.74) is -2.86. The molecule has 2 aromatic rings. The van der Waals surface area contributed by atoms with Crippen LogP contribution in [0.1, 0.15) is 28.0 Å². The van der Waals surface area contributed by atoms with Gasteiger partial charge in [0.2, 0.25) is 5.91 Å². The number of carbonyl (C=O) groups excluding carboxylic acids is 1. The Morgan fingerprint density at radius 2 is 1.70 bits per heavy atom. The molecule has 0 radical (unpaired) electrons. The van der Waals surface area contributed by atoms with Gasteiger partial charge in [0, 0.05) is 29.7 Å². The number of amides is 1. The smallest absolute Gasteiger partial charge is 0.302 e. The molecule has 148 valence electrons. The van der Waals surface area contributed by atoms with Crippen molar-refractivity contribution in [3.05, 3.63) is 46.0 Å². The summed E-state index contributed by atoms with van der Waals surface area (Å²) >= 11 is 2.50. The van der Waals surface area contributed by atoms with Crippen molar-refractivity contribution in [1.82, 2.24) is 4.98 Å². The highest BCUT2D eigenvalue weighted by molar-refractivity contribution is 7.98. The molecular formula is C16H14F6N2OS2. The monoisotopic (exact) mass is 428 g/mol. The van der Waals surface area contributed by atoms with Crippen LogP contribution in [0.2, 0.25) is 0 Å². The third-order valence-corrected chi connectivity index (χ3v) is 4.88. The van der Waals surface area contributed by atoms with E-state index in [1.54, 1.807) is 0 Å². The number of thioether (sulfide) groups is 1. The van der Waals surface area contributed by atoms with Crippen LogP contribution in [0.25, 0.3) is 0 Å². The lowest BCUT2D eigenvalue weighted by Crippen LogP contribution is -2.12. The standard InChI is InChI=1S/C16H14F6N2OS2/c1-26-3-2-13(25)24-14-23-8-12(27-14)6-9-4-10(15(17,18)19)7-11(5-9)16(20,21)22/h4-5,7-8H,2-3,6H2,1H3,(H,23,24,25). The maximum absolute atomic E-state index is 12.9. The second-order valence-corrected chi connectivity index (χ2v) is 7.61. The number of thiazole rings is 1. The Morgan fingerprint density at radius 3 is 2.22 bits per heavy atom. The molecule has 1 amide bonds. The SMILES string of the molecule is CSCCC(=O)Nc1ncc(Cc2cc(C(F)(F)F)cc(C(F)(F)F)c2)s1. The van der Waals surface area contributed by atoms with Crippen LogP contribution < -0.4 is 5.32 Å². The summed E-state index contributed by atoms with van der Waals surface area (Å²) < 4.78 is 77.4. The van der Waals surface area contributed by atoms with Gasteiger partial charge in [-0.25, -0.2) is 4.98 Å². The second-order valence-electron chi connectivity index (χ2n) is 5.51. The molecule has 3 nitrogen and oxygen atoms in total. The first-order chi connectivity index (χ1) is 12.5. The number of hydrogen-bond acceptors (Lipinski definition) is 4. The molecule has 0 saturated heterocycles. The van der Waals surface area contributed by atoms with Gasteiger partial charge in [-0.1, -0.05) is 0 Å². The molecule has 0 bridgehead atoms. The Labute approximate surface area is 159 Å². The van der Waals surface area contributed by atoms with E-state index in [1.165, 1.54) is 18.0 Å². The first kappa shape index (κ1) is 21.5. The summed E-state index contributed by atoms with van der Waals surface area (Å²) in [7, 11) is 0. The van der Waals surface area contributed by atoms with Crippen molar-refractivity contribution in [2.24, 2.45) is 0 Å². The summed E-state index contributed by atoms with van der Waals surface area (Å²) in [6, 6.07) is 1.46. The van der Waals surface area contributed by atoms with Crippen molar-refractivity contribution in [3.63, 3.8) is 0 Å². The van der Waals surface area contributed by atoms with E-state index < -0.39 is 23.5 Å². The molecular weight excluding hydrogens is 414 g/mol. The highest BCUT2D eigenvalue weighted by atomic mass is 32.2. The lowest BCUT2D eigenvalue weighted by atomic mass is 10.0. The van der Waals surface area contributed by atoms with Crippen LogP contribution >= 0.6 is 23.1 Å². The van der Waals surface area contributed by atoms with Crippen molar-refractivity contribution in [3.8, 4) is 0 Å². The first-order valence-corrected chi connectivity index (χ1v) is 9.72. The minimum absolute atomic E-state index is 0.0908. The molecule has 0 aliphatic rings. The van der Waals surface area contributed by atoms with Crippen LogP contribution in [-0.4, -0.2) is 22.9 Å². The van der Waals surface area contributed by atoms with Gasteiger partial charge >= 0.3 is 12.4 Å². The number of benzene rings is 1. The summed E-state index contributed by atoms with van der Waals surface area (Å²) in [5, 5.41) is 2.80. The number of hydrogen-bond donors (Lipinski definition) is 1. The summed E-state index contributed by atoms with van der Waals surface area (Å²) in [4.78, 5) is 16.0. The molecule has 0 saturated carbocycles. The van der Waals surface area contributed by atoms with E-state index >= 15 is 0 Å². The molecule has 0 atom stereocenters. The van der Waals surface area contributed by atoms with Gasteiger partial charge in [-0.05, 0) is 30.0 Å². The van der Waals surface area contributed by atoms with Crippen LogP contribution in [0, 0.1) is 0 Å². The summed E-state index contributed by atoms with van der Waals surface area (Å²) in [6.07, 6.45) is -6.49. The van der Waals surface area contributed by atoms with E-state index in [1.807, 2.05) is 6.26 Å². The van der Waals surface area contributed by atoms with Gasteiger partial charge in [-0.3, -0.25) is 4.79 Å². The van der Waals surface area contributed by atoms with Crippen molar-refractivity contribution < 1.29 is 31.1 Å². The maximum atomic E-state index is 12.9. The van der Waals surface area contributed by atoms with Gasteiger partial charge < -0.3 is 5.32 Å². The fourth-order valence-electron chi connectivity index (χ4n) is 2.15. The maximum Gasteiger partial charge on any atom is 0.416 e. The highest BCUT2D eigenvalue weighted by Gasteiger charge is 2.36. The number of rotatable bonds is 6. The minimum atomic E-state index is -4.89. The van der Waals surface area contributed by atoms with E-state index in [2.05, 4.69) is 10.3 Å². The quantitative estimate of drug-likeness (QED) is 0.621. The van der Waals surface area contributed by atoms with Gasteiger partial charge in [0.15, 0.2) is 5.13 Å². The average molecular weight is 428 g/mol. The topological polar surface area (TPSA) is 42.0 Å². The number of nitrogens with zero attached hydrogens (tertiary/aromatic N) is 1. The van der Waals surface area contributed by atoms with Gasteiger partial charge in [-0.15, -0.1) is 11.3 Å². The number of alkyl halides is 6. The molecule has 0 unspecified atom stereocenters. The van der Waals surface area contributed by atoms with Crippen LogP contribution in [0.5, 0.6) is 0 Å². The Kier molecular flexibility index (Phi) is 6.79. The molecule has 0 aliphatic carbocycles. The van der Waals surface area contributed by atoms with Gasteiger partial charge in [0.05, 0.1) is 11.1 Å². The number of anilines is 1. The predicted octanol–water partition coefficient (Wildman–Crippen LogP) is 5.46. The van der Waals surface area contributed by atoms with Crippen LogP contribution in [0.4, 0.5) is 31.5 Å². The molecule has 27 heavy (non-hydrogen) atoms. The van der Waals surface area contributed by atoms with Crippen LogP contribution in [-0.2, 0) is 23.6 Å². The van der Waals surface area contributed by atoms with E-state index in [0.717, 1.165) is 11.3 Å². The molecule has 11 heteroatoms. The minimum Gasteiger partial charge on any atom is -0.302 e. The normalized spacial score (nSPS) is 12.3. The number of aromatic nitrogens is 1. The average Bonchev–Trinajstić information content (AvgIpc) is 2.97. The fourth-order valence-corrected chi connectivity index (χ4v) is 3.40. The van der Waals surface area contributed by atoms with Gasteiger partial charge in [0.25, 0.3) is 0 Å². The number of nitrogens with one attached hydrogen (secondary N) is 1. The lowest BCUT2D eigenvalue weighted by Gasteiger charge is -2.13. The van der Waals surface area contributed by atoms with Crippen molar-refractivity contribution in [1.29, 1.82) is 0 Å². The van der Waals surface area contributed by atoms with Crippen molar-refractivity contribution in [2.75, 3.05) is 17.3 Å².